The van der Waals surface area contributed by atoms with Gasteiger partial charge in [-0.25, -0.2) is 4.98 Å². The van der Waals surface area contributed by atoms with Gasteiger partial charge in [0.15, 0.2) is 0 Å². The van der Waals surface area contributed by atoms with Crippen molar-refractivity contribution >= 4 is 23.4 Å². The number of fused-ring (bicyclic) bond motifs is 1. The zero-order chi connectivity index (χ0) is 19.6. The van der Waals surface area contributed by atoms with E-state index < -0.39 is 5.97 Å². The minimum Gasteiger partial charge on any atom is -0.469 e. The predicted octanol–water partition coefficient (Wildman–Crippen LogP) is 1.12. The molecule has 2 N–H and O–H groups in total. The zero-order valence-corrected chi connectivity index (χ0v) is 15.7. The highest BCUT2D eigenvalue weighted by molar-refractivity contribution is 5.72. The molecule has 0 atom stereocenters. The third-order valence-corrected chi connectivity index (χ3v) is 4.26. The number of rotatable bonds is 6. The molecular formula is C18H22N6O3. The first kappa shape index (κ1) is 18.4. The normalized spacial score (nSPS) is 10.8. The molecule has 2 heterocycles. The molecule has 0 unspecified atom stereocenters. The number of methoxy groups -OCH3 is 1. The van der Waals surface area contributed by atoms with Crippen molar-refractivity contribution in [3.8, 4) is 0 Å². The van der Waals surface area contributed by atoms with Gasteiger partial charge in [-0.2, -0.15) is 9.50 Å². The monoisotopic (exact) mass is 370 g/mol. The average Bonchev–Trinajstić information content (AvgIpc) is 3.06. The van der Waals surface area contributed by atoms with Gasteiger partial charge in [0.1, 0.15) is 0 Å². The van der Waals surface area contributed by atoms with Crippen LogP contribution in [0, 0.1) is 6.92 Å². The van der Waals surface area contributed by atoms with Gasteiger partial charge in [0.25, 0.3) is 11.3 Å². The maximum atomic E-state index is 12.6. The van der Waals surface area contributed by atoms with Crippen LogP contribution in [0.1, 0.15) is 16.8 Å². The quantitative estimate of drug-likeness (QED) is 0.627. The minimum atomic E-state index is -0.490. The first-order valence-corrected chi connectivity index (χ1v) is 8.44. The lowest BCUT2D eigenvalue weighted by molar-refractivity contribution is -0.139. The topological polar surface area (TPSA) is 105 Å². The Labute approximate surface area is 156 Å². The molecule has 9 heteroatoms. The van der Waals surface area contributed by atoms with Crippen LogP contribution in [-0.4, -0.2) is 46.8 Å². The van der Waals surface area contributed by atoms with Gasteiger partial charge in [-0.05, 0) is 24.6 Å². The molecule has 0 aliphatic rings. The Balaban J connectivity index is 1.81. The molecule has 0 radical (unpaired) electrons. The molecule has 9 nitrogen and oxygen atoms in total. The molecule has 3 aromatic rings. The minimum absolute atomic E-state index is 0.128. The highest BCUT2D eigenvalue weighted by Crippen LogP contribution is 2.13. The van der Waals surface area contributed by atoms with E-state index in [1.54, 1.807) is 6.92 Å². The fraction of sp³-hybridized carbons (Fsp3) is 0.333. The van der Waals surface area contributed by atoms with Crippen LogP contribution in [0.15, 0.2) is 29.1 Å². The van der Waals surface area contributed by atoms with Crippen LogP contribution < -0.4 is 15.8 Å². The molecular weight excluding hydrogens is 348 g/mol. The SMILES string of the molecule is COC(=O)Cc1c(C)nc2nc(NCc3ccc(N(C)C)cc3)[nH]n2c1=O. The summed E-state index contributed by atoms with van der Waals surface area (Å²) in [5, 5.41) is 6.03. The Kier molecular flexibility index (Phi) is 5.11. The Bertz CT molecular complexity index is 1020. The van der Waals surface area contributed by atoms with Crippen molar-refractivity contribution in [3.63, 3.8) is 0 Å². The fourth-order valence-corrected chi connectivity index (χ4v) is 2.65. The van der Waals surface area contributed by atoms with E-state index in [1.165, 1.54) is 11.6 Å². The van der Waals surface area contributed by atoms with Crippen molar-refractivity contribution in [2.24, 2.45) is 0 Å². The lowest BCUT2D eigenvalue weighted by atomic mass is 10.2. The van der Waals surface area contributed by atoms with Crippen LogP contribution in [0.5, 0.6) is 0 Å². The first-order valence-electron chi connectivity index (χ1n) is 8.44. The average molecular weight is 370 g/mol. The summed E-state index contributed by atoms with van der Waals surface area (Å²) in [5.41, 5.74) is 2.58. The molecule has 142 valence electrons. The summed E-state index contributed by atoms with van der Waals surface area (Å²) in [6, 6.07) is 8.11. The number of carbonyl (C=O) groups is 1. The van der Waals surface area contributed by atoms with Gasteiger partial charge in [-0.15, -0.1) is 0 Å². The van der Waals surface area contributed by atoms with E-state index in [9.17, 15) is 9.59 Å². The number of anilines is 2. The van der Waals surface area contributed by atoms with Crippen molar-refractivity contribution in [3.05, 3.63) is 51.4 Å². The molecule has 27 heavy (non-hydrogen) atoms. The van der Waals surface area contributed by atoms with Crippen molar-refractivity contribution in [2.45, 2.75) is 19.9 Å². The number of hydrogen-bond donors (Lipinski definition) is 2. The molecule has 0 aliphatic carbocycles. The van der Waals surface area contributed by atoms with Crippen molar-refractivity contribution in [1.29, 1.82) is 0 Å². The molecule has 3 rings (SSSR count). The summed E-state index contributed by atoms with van der Waals surface area (Å²) in [6.45, 7) is 2.21. The van der Waals surface area contributed by atoms with Crippen molar-refractivity contribution in [1.82, 2.24) is 19.6 Å². The van der Waals surface area contributed by atoms with Gasteiger partial charge >= 0.3 is 5.97 Å². The van der Waals surface area contributed by atoms with E-state index in [2.05, 4.69) is 25.1 Å². The van der Waals surface area contributed by atoms with E-state index in [0.717, 1.165) is 11.3 Å². The number of hydrogen-bond acceptors (Lipinski definition) is 7. The lowest BCUT2D eigenvalue weighted by Gasteiger charge is -2.12. The Morgan fingerprint density at radius 2 is 1.96 bits per heavy atom. The molecule has 0 saturated heterocycles. The molecule has 0 saturated carbocycles. The molecule has 0 bridgehead atoms. The van der Waals surface area contributed by atoms with Crippen LogP contribution in [0.3, 0.4) is 0 Å². The number of esters is 1. The van der Waals surface area contributed by atoms with Gasteiger partial charge in [0.2, 0.25) is 5.95 Å². The standard InChI is InChI=1S/C18H22N6O3/c1-11-14(9-15(25)27-4)16(26)24-18(20-11)21-17(22-24)19-10-12-5-7-13(8-6-12)23(2)3/h5-8H,9-10H2,1-4H3,(H2,19,20,21,22). The maximum absolute atomic E-state index is 12.6. The van der Waals surface area contributed by atoms with Crippen molar-refractivity contribution < 1.29 is 9.53 Å². The van der Waals surface area contributed by atoms with Crippen LogP contribution in [-0.2, 0) is 22.5 Å². The number of aryl methyl sites for hydroxylation is 1. The summed E-state index contributed by atoms with van der Waals surface area (Å²) < 4.78 is 5.86. The van der Waals surface area contributed by atoms with Crippen molar-refractivity contribution in [2.75, 3.05) is 31.4 Å². The number of aromatic nitrogens is 4. The Morgan fingerprint density at radius 3 is 2.59 bits per heavy atom. The maximum Gasteiger partial charge on any atom is 0.310 e. The molecule has 0 fully saturated rings. The summed E-state index contributed by atoms with van der Waals surface area (Å²) in [5.74, 6) is 0.179. The number of aromatic amines is 1. The van der Waals surface area contributed by atoms with Gasteiger partial charge in [0.05, 0.1) is 24.8 Å². The molecule has 2 aromatic heterocycles. The highest BCUT2D eigenvalue weighted by atomic mass is 16.5. The molecule has 0 aliphatic heterocycles. The van der Waals surface area contributed by atoms with E-state index in [4.69, 9.17) is 0 Å². The van der Waals surface area contributed by atoms with E-state index in [0.29, 0.717) is 18.2 Å². The second kappa shape index (κ2) is 7.48. The van der Waals surface area contributed by atoms with E-state index in [1.807, 2.05) is 43.3 Å². The number of ether oxygens (including phenoxy) is 1. The van der Waals surface area contributed by atoms with Gasteiger partial charge in [-0.3, -0.25) is 14.7 Å². The summed E-state index contributed by atoms with van der Waals surface area (Å²) in [6.07, 6.45) is -0.128. The summed E-state index contributed by atoms with van der Waals surface area (Å²) in [4.78, 5) is 34.7. The summed E-state index contributed by atoms with van der Waals surface area (Å²) >= 11 is 0. The Morgan fingerprint density at radius 1 is 1.26 bits per heavy atom. The highest BCUT2D eigenvalue weighted by Gasteiger charge is 2.16. The second-order valence-electron chi connectivity index (χ2n) is 6.36. The molecule has 0 spiro atoms. The van der Waals surface area contributed by atoms with E-state index >= 15 is 0 Å². The van der Waals surface area contributed by atoms with Crippen LogP contribution in [0.25, 0.3) is 5.78 Å². The number of nitrogens with zero attached hydrogens (tertiary/aromatic N) is 4. The smallest absolute Gasteiger partial charge is 0.310 e. The number of H-pyrrole nitrogens is 1. The first-order chi connectivity index (χ1) is 12.9. The van der Waals surface area contributed by atoms with Crippen LogP contribution >= 0.6 is 0 Å². The van der Waals surface area contributed by atoms with Gasteiger partial charge in [0, 0.05) is 26.3 Å². The van der Waals surface area contributed by atoms with Crippen LogP contribution in [0.2, 0.25) is 0 Å². The van der Waals surface area contributed by atoms with Gasteiger partial charge in [-0.1, -0.05) is 12.1 Å². The lowest BCUT2D eigenvalue weighted by Crippen LogP contribution is -2.24. The van der Waals surface area contributed by atoms with Gasteiger partial charge < -0.3 is 15.0 Å². The molecule has 1 aromatic carbocycles. The van der Waals surface area contributed by atoms with Crippen LogP contribution in [0.4, 0.5) is 11.6 Å². The van der Waals surface area contributed by atoms with E-state index in [-0.39, 0.29) is 23.3 Å². The third-order valence-electron chi connectivity index (χ3n) is 4.26. The number of nitrogens with one attached hydrogen (secondary N) is 2. The fourth-order valence-electron chi connectivity index (χ4n) is 2.65. The number of carbonyl (C=O) groups excluding carboxylic acids is 1. The predicted molar refractivity (Wildman–Crippen MR) is 102 cm³/mol. The largest absolute Gasteiger partial charge is 0.469 e. The summed E-state index contributed by atoms with van der Waals surface area (Å²) in [7, 11) is 5.26. The zero-order valence-electron chi connectivity index (χ0n) is 15.7. The second-order valence-corrected chi connectivity index (χ2v) is 6.36. The number of benzene rings is 1. The Hall–Kier alpha value is -3.36. The third kappa shape index (κ3) is 3.91. The molecule has 0 amide bonds.